The van der Waals surface area contributed by atoms with Gasteiger partial charge in [0, 0.05) is 6.07 Å². The van der Waals surface area contributed by atoms with E-state index in [-0.39, 0.29) is 12.3 Å². The van der Waals surface area contributed by atoms with Gasteiger partial charge in [-0.15, -0.1) is 11.3 Å². The summed E-state index contributed by atoms with van der Waals surface area (Å²) in [5.41, 5.74) is 1.56. The van der Waals surface area contributed by atoms with Gasteiger partial charge in [-0.1, -0.05) is 35.5 Å². The Hall–Kier alpha value is -3.72. The molecule has 0 spiro atoms. The van der Waals surface area contributed by atoms with Crippen molar-refractivity contribution in [2.45, 2.75) is 19.6 Å². The molecule has 0 bridgehead atoms. The smallest absolute Gasteiger partial charge is 0.333 e. The molecule has 1 amide bonds. The second kappa shape index (κ2) is 8.97. The minimum atomic E-state index is -0.954. The van der Waals surface area contributed by atoms with Crippen LogP contribution in [0.3, 0.4) is 0 Å². The number of fused-ring (bicyclic) bond motifs is 1. The lowest BCUT2D eigenvalue weighted by Gasteiger charge is -2.15. The predicted molar refractivity (Wildman–Crippen MR) is 114 cm³/mol. The highest BCUT2D eigenvalue weighted by Crippen LogP contribution is 2.26. The number of carbonyl (C=O) groups excluding carboxylic acids is 2. The molecule has 1 atom stereocenters. The summed E-state index contributed by atoms with van der Waals surface area (Å²) < 4.78 is 16.8. The van der Waals surface area contributed by atoms with E-state index in [4.69, 9.17) is 14.0 Å². The van der Waals surface area contributed by atoms with Crippen LogP contribution in [-0.2, 0) is 16.1 Å². The number of carbonyl (C=O) groups is 2. The fraction of sp³-hybridized carbons (Fsp3) is 0.182. The molecule has 2 heterocycles. The van der Waals surface area contributed by atoms with Gasteiger partial charge in [0.1, 0.15) is 12.4 Å². The van der Waals surface area contributed by atoms with Crippen LogP contribution in [0.15, 0.2) is 59.1 Å². The molecule has 0 aliphatic heterocycles. The minimum absolute atomic E-state index is 0.0389. The van der Waals surface area contributed by atoms with Crippen LogP contribution in [0.25, 0.3) is 10.2 Å². The van der Waals surface area contributed by atoms with Gasteiger partial charge in [-0.3, -0.25) is 4.79 Å². The number of amides is 1. The second-order valence-electron chi connectivity index (χ2n) is 6.67. The molecule has 0 unspecified atom stereocenters. The lowest BCUT2D eigenvalue weighted by molar-refractivity contribution is -0.143. The quantitative estimate of drug-likeness (QED) is 0.438. The maximum absolute atomic E-state index is 12.6. The van der Waals surface area contributed by atoms with E-state index in [0.717, 1.165) is 15.2 Å². The molecule has 4 aromatic rings. The molecule has 1 N–H and O–H groups in total. The monoisotopic (exact) mass is 437 g/mol. The summed E-state index contributed by atoms with van der Waals surface area (Å²) in [6.07, 6.45) is 0. The van der Waals surface area contributed by atoms with E-state index in [1.165, 1.54) is 13.2 Å². The molecule has 9 heteroatoms. The van der Waals surface area contributed by atoms with Gasteiger partial charge in [-0.2, -0.15) is 0 Å². The van der Waals surface area contributed by atoms with Gasteiger partial charge in [-0.05, 0) is 30.7 Å². The van der Waals surface area contributed by atoms with Crippen LogP contribution < -0.4 is 10.1 Å². The molecule has 0 radical (unpaired) electrons. The number of hydrogen-bond donors (Lipinski definition) is 1. The van der Waals surface area contributed by atoms with E-state index in [9.17, 15) is 9.59 Å². The molecule has 4 rings (SSSR count). The number of aromatic nitrogens is 2. The maximum atomic E-state index is 12.6. The van der Waals surface area contributed by atoms with Crippen molar-refractivity contribution in [1.82, 2.24) is 15.5 Å². The zero-order valence-electron chi connectivity index (χ0n) is 16.8. The van der Waals surface area contributed by atoms with E-state index in [2.05, 4.69) is 15.5 Å². The number of nitrogens with zero attached hydrogens (tertiary/aromatic N) is 2. The number of thiazole rings is 1. The Morgan fingerprint density at radius 2 is 1.97 bits per heavy atom. The van der Waals surface area contributed by atoms with Crippen LogP contribution in [-0.4, -0.2) is 29.1 Å². The van der Waals surface area contributed by atoms with Crippen molar-refractivity contribution in [3.63, 3.8) is 0 Å². The van der Waals surface area contributed by atoms with Crippen molar-refractivity contribution < 1.29 is 23.6 Å². The predicted octanol–water partition coefficient (Wildman–Crippen LogP) is 3.82. The van der Waals surface area contributed by atoms with Crippen LogP contribution in [0.5, 0.6) is 5.75 Å². The summed E-state index contributed by atoms with van der Waals surface area (Å²) in [6, 6.07) is 15.0. The van der Waals surface area contributed by atoms with Gasteiger partial charge >= 0.3 is 5.97 Å². The van der Waals surface area contributed by atoms with Crippen molar-refractivity contribution in [2.24, 2.45) is 0 Å². The van der Waals surface area contributed by atoms with Gasteiger partial charge in [0.25, 0.3) is 5.91 Å². The second-order valence-corrected chi connectivity index (χ2v) is 7.90. The van der Waals surface area contributed by atoms with E-state index in [1.54, 1.807) is 35.6 Å². The first-order valence-electron chi connectivity index (χ1n) is 9.42. The molecule has 2 aromatic carbocycles. The van der Waals surface area contributed by atoms with Gasteiger partial charge < -0.3 is 19.3 Å². The first-order chi connectivity index (χ1) is 15.0. The summed E-state index contributed by atoms with van der Waals surface area (Å²) in [5, 5.41) is 7.40. The van der Waals surface area contributed by atoms with Crippen LogP contribution in [0.4, 0.5) is 0 Å². The highest BCUT2D eigenvalue weighted by Gasteiger charge is 2.25. The summed E-state index contributed by atoms with van der Waals surface area (Å²) in [5.74, 6) is -0.107. The molecule has 31 heavy (non-hydrogen) atoms. The van der Waals surface area contributed by atoms with Gasteiger partial charge in [0.15, 0.2) is 17.5 Å². The molecule has 2 aromatic heterocycles. The molecule has 8 nitrogen and oxygen atoms in total. The van der Waals surface area contributed by atoms with E-state index in [0.29, 0.717) is 17.1 Å². The zero-order chi connectivity index (χ0) is 21.8. The molecule has 158 valence electrons. The highest BCUT2D eigenvalue weighted by molar-refractivity contribution is 7.18. The highest BCUT2D eigenvalue weighted by atomic mass is 32.1. The standard InChI is InChI=1S/C22H19N3O5S/c1-13-23-17-9-8-15(11-19(17)31-13)29-12-16-10-18(25-30-16)21(26)24-20(22(27)28-2)14-6-4-3-5-7-14/h3-11,20H,12H2,1-2H3,(H,24,26)/t20-/m1/s1. The van der Waals surface area contributed by atoms with Gasteiger partial charge in [0.05, 0.1) is 22.3 Å². The first-order valence-corrected chi connectivity index (χ1v) is 10.2. The average Bonchev–Trinajstić information content (AvgIpc) is 3.41. The van der Waals surface area contributed by atoms with Crippen molar-refractivity contribution in [3.8, 4) is 5.75 Å². The molecule has 0 aliphatic carbocycles. The zero-order valence-corrected chi connectivity index (χ0v) is 17.6. The van der Waals surface area contributed by atoms with E-state index in [1.807, 2.05) is 31.2 Å². The number of methoxy groups -OCH3 is 1. The van der Waals surface area contributed by atoms with Crippen LogP contribution in [0.1, 0.15) is 32.9 Å². The van der Waals surface area contributed by atoms with Crippen molar-refractivity contribution in [1.29, 1.82) is 0 Å². The summed E-state index contributed by atoms with van der Waals surface area (Å²) in [4.78, 5) is 29.1. The fourth-order valence-corrected chi connectivity index (χ4v) is 3.85. The Morgan fingerprint density at radius 3 is 2.74 bits per heavy atom. The molecule has 0 saturated carbocycles. The third kappa shape index (κ3) is 4.72. The van der Waals surface area contributed by atoms with Crippen molar-refractivity contribution in [3.05, 3.63) is 76.6 Å². The molecular formula is C22H19N3O5S. The Balaban J connectivity index is 1.42. The normalized spacial score (nSPS) is 11.8. The lowest BCUT2D eigenvalue weighted by atomic mass is 10.1. The summed E-state index contributed by atoms with van der Waals surface area (Å²) >= 11 is 1.59. The number of rotatable bonds is 7. The van der Waals surface area contributed by atoms with Gasteiger partial charge in [0.2, 0.25) is 0 Å². The number of ether oxygens (including phenoxy) is 2. The SMILES string of the molecule is COC(=O)[C@H](NC(=O)c1cc(COc2ccc3nc(C)sc3c2)on1)c1ccccc1. The Morgan fingerprint density at radius 1 is 1.16 bits per heavy atom. The minimum Gasteiger partial charge on any atom is -0.485 e. The summed E-state index contributed by atoms with van der Waals surface area (Å²) in [7, 11) is 1.26. The third-order valence-electron chi connectivity index (χ3n) is 4.48. The largest absolute Gasteiger partial charge is 0.485 e. The number of benzene rings is 2. The number of esters is 1. The van der Waals surface area contributed by atoms with Crippen molar-refractivity contribution in [2.75, 3.05) is 7.11 Å². The van der Waals surface area contributed by atoms with E-state index < -0.39 is 17.9 Å². The van der Waals surface area contributed by atoms with Crippen LogP contribution in [0.2, 0.25) is 0 Å². The fourth-order valence-electron chi connectivity index (χ4n) is 3.00. The number of hydrogen-bond acceptors (Lipinski definition) is 8. The molecular weight excluding hydrogens is 418 g/mol. The average molecular weight is 437 g/mol. The molecule has 0 saturated heterocycles. The Labute approximate surface area is 181 Å². The first kappa shape index (κ1) is 20.5. The molecule has 0 fully saturated rings. The molecule has 0 aliphatic rings. The van der Waals surface area contributed by atoms with Crippen LogP contribution in [0, 0.1) is 6.92 Å². The maximum Gasteiger partial charge on any atom is 0.333 e. The van der Waals surface area contributed by atoms with Gasteiger partial charge in [-0.25, -0.2) is 9.78 Å². The Bertz CT molecular complexity index is 1220. The lowest BCUT2D eigenvalue weighted by Crippen LogP contribution is -2.34. The topological polar surface area (TPSA) is 104 Å². The van der Waals surface area contributed by atoms with E-state index >= 15 is 0 Å². The third-order valence-corrected chi connectivity index (χ3v) is 5.42. The summed E-state index contributed by atoms with van der Waals surface area (Å²) in [6.45, 7) is 2.05. The van der Waals surface area contributed by atoms with Crippen molar-refractivity contribution >= 4 is 33.4 Å². The van der Waals surface area contributed by atoms with Crippen LogP contribution >= 0.6 is 11.3 Å². The Kier molecular flexibility index (Phi) is 5.94. The number of nitrogens with one attached hydrogen (secondary N) is 1. The number of aryl methyl sites for hydroxylation is 1.